The molecule has 8 aromatic carbocycles. The molecule has 11 rings (SSSR count). The lowest BCUT2D eigenvalue weighted by Crippen LogP contribution is -2.04. The summed E-state index contributed by atoms with van der Waals surface area (Å²) in [4.78, 5) is 10.7. The Hall–Kier alpha value is -7.04. The second kappa shape index (κ2) is 11.2. The van der Waals surface area contributed by atoms with Crippen LogP contribution in [0.3, 0.4) is 0 Å². The topological polar surface area (TPSA) is 35.6 Å². The summed E-state index contributed by atoms with van der Waals surface area (Å²) >= 11 is 0. The number of nitrogens with zero attached hydrogens (tertiary/aromatic N) is 4. The SMILES string of the molecule is c1ccc(-c2ccc3c(c2)c2c4c5ccccc5n(-c5nc(-c6ccccc6)c6ccccc6n5)c4c4ccccc4c2n3-c2ccccc2)cc1. The molecule has 0 saturated heterocycles. The lowest BCUT2D eigenvalue weighted by Gasteiger charge is -2.14. The molecule has 0 aliphatic carbocycles. The molecular weight excluding hydrogens is 633 g/mol. The van der Waals surface area contributed by atoms with Crippen LogP contribution in [0.4, 0.5) is 0 Å². The molecular formula is C48H30N4. The second-order valence-corrected chi connectivity index (χ2v) is 13.4. The van der Waals surface area contributed by atoms with E-state index in [1.54, 1.807) is 0 Å². The van der Waals surface area contributed by atoms with Gasteiger partial charge in [0.15, 0.2) is 0 Å². The summed E-state index contributed by atoms with van der Waals surface area (Å²) in [6, 6.07) is 64.7. The van der Waals surface area contributed by atoms with Gasteiger partial charge in [-0.25, -0.2) is 9.97 Å². The van der Waals surface area contributed by atoms with Crippen molar-refractivity contribution in [2.45, 2.75) is 0 Å². The minimum Gasteiger partial charge on any atom is -0.309 e. The van der Waals surface area contributed by atoms with Crippen LogP contribution in [0, 0.1) is 0 Å². The molecule has 0 bridgehead atoms. The zero-order valence-electron chi connectivity index (χ0n) is 28.1. The Labute approximate surface area is 299 Å². The number of fused-ring (bicyclic) bond motifs is 11. The van der Waals surface area contributed by atoms with Crippen molar-refractivity contribution in [3.05, 3.63) is 182 Å². The van der Waals surface area contributed by atoms with Crippen LogP contribution >= 0.6 is 0 Å². The highest BCUT2D eigenvalue weighted by Crippen LogP contribution is 2.47. The van der Waals surface area contributed by atoms with Gasteiger partial charge in [0.05, 0.1) is 33.3 Å². The molecule has 3 heterocycles. The van der Waals surface area contributed by atoms with E-state index in [0.29, 0.717) is 5.95 Å². The zero-order chi connectivity index (χ0) is 34.2. The maximum Gasteiger partial charge on any atom is 0.235 e. The van der Waals surface area contributed by atoms with Gasteiger partial charge in [-0.05, 0) is 47.5 Å². The minimum absolute atomic E-state index is 0.657. The van der Waals surface area contributed by atoms with Gasteiger partial charge in [-0.2, -0.15) is 0 Å². The highest BCUT2D eigenvalue weighted by atomic mass is 15.2. The molecule has 0 N–H and O–H groups in total. The van der Waals surface area contributed by atoms with Gasteiger partial charge < -0.3 is 4.57 Å². The first-order chi connectivity index (χ1) is 25.8. The molecule has 0 spiro atoms. The first-order valence-electron chi connectivity index (χ1n) is 17.7. The van der Waals surface area contributed by atoms with E-state index in [9.17, 15) is 0 Å². The number of para-hydroxylation sites is 3. The molecule has 0 amide bonds. The molecule has 4 nitrogen and oxygen atoms in total. The van der Waals surface area contributed by atoms with E-state index in [-0.39, 0.29) is 0 Å². The van der Waals surface area contributed by atoms with Gasteiger partial charge in [0.25, 0.3) is 0 Å². The summed E-state index contributed by atoms with van der Waals surface area (Å²) in [5.74, 6) is 0.657. The fourth-order valence-corrected chi connectivity index (χ4v) is 8.29. The summed E-state index contributed by atoms with van der Waals surface area (Å²) in [7, 11) is 0. The number of benzene rings is 8. The third kappa shape index (κ3) is 4.15. The molecule has 0 aliphatic rings. The van der Waals surface area contributed by atoms with Crippen molar-refractivity contribution in [2.24, 2.45) is 0 Å². The van der Waals surface area contributed by atoms with E-state index >= 15 is 0 Å². The molecule has 0 saturated carbocycles. The van der Waals surface area contributed by atoms with Crippen LogP contribution in [0.1, 0.15) is 0 Å². The van der Waals surface area contributed by atoms with Crippen molar-refractivity contribution in [2.75, 3.05) is 0 Å². The number of rotatable bonds is 4. The maximum absolute atomic E-state index is 5.42. The largest absolute Gasteiger partial charge is 0.309 e. The Morgan fingerprint density at radius 2 is 0.885 bits per heavy atom. The standard InChI is InChI=1S/C48H30N4/c1-4-16-31(17-5-1)33-28-29-42-39(30-33)44-43-38-25-13-15-27-41(38)52(48-49-40-26-14-12-24-37(40)45(50-48)32-18-6-2-7-19-32)47(43)36-23-11-10-22-35(36)46(44)51(42)34-20-8-3-9-21-34/h1-30H. The highest BCUT2D eigenvalue weighted by Gasteiger charge is 2.25. The lowest BCUT2D eigenvalue weighted by atomic mass is 9.97. The number of hydrogen-bond acceptors (Lipinski definition) is 2. The predicted molar refractivity (Wildman–Crippen MR) is 217 cm³/mol. The summed E-state index contributed by atoms with van der Waals surface area (Å²) in [5.41, 5.74) is 11.0. The van der Waals surface area contributed by atoms with Crippen molar-refractivity contribution in [3.8, 4) is 34.0 Å². The summed E-state index contributed by atoms with van der Waals surface area (Å²) in [6.45, 7) is 0. The van der Waals surface area contributed by atoms with Crippen LogP contribution < -0.4 is 0 Å². The Kier molecular flexibility index (Phi) is 6.22. The summed E-state index contributed by atoms with van der Waals surface area (Å²) in [6.07, 6.45) is 0. The summed E-state index contributed by atoms with van der Waals surface area (Å²) in [5, 5.41) is 8.18. The number of aromatic nitrogens is 4. The third-order valence-electron chi connectivity index (χ3n) is 10.5. The van der Waals surface area contributed by atoms with Crippen molar-refractivity contribution in [1.29, 1.82) is 0 Å². The van der Waals surface area contributed by atoms with Gasteiger partial charge >= 0.3 is 0 Å². The van der Waals surface area contributed by atoms with Crippen LogP contribution in [-0.2, 0) is 0 Å². The predicted octanol–water partition coefficient (Wildman–Crippen LogP) is 12.3. The van der Waals surface area contributed by atoms with Gasteiger partial charge in [-0.1, -0.05) is 146 Å². The van der Waals surface area contributed by atoms with Gasteiger partial charge in [-0.15, -0.1) is 0 Å². The van der Waals surface area contributed by atoms with Crippen LogP contribution in [0.25, 0.3) is 99.3 Å². The van der Waals surface area contributed by atoms with Gasteiger partial charge in [0.1, 0.15) is 0 Å². The molecule has 242 valence electrons. The van der Waals surface area contributed by atoms with Gasteiger partial charge in [-0.3, -0.25) is 4.57 Å². The van der Waals surface area contributed by atoms with Crippen molar-refractivity contribution >= 4 is 65.3 Å². The van der Waals surface area contributed by atoms with Crippen molar-refractivity contribution < 1.29 is 0 Å². The Morgan fingerprint density at radius 1 is 0.346 bits per heavy atom. The maximum atomic E-state index is 5.42. The van der Waals surface area contributed by atoms with Gasteiger partial charge in [0, 0.05) is 49.0 Å². The average molecular weight is 663 g/mol. The quantitative estimate of drug-likeness (QED) is 0.188. The molecule has 0 unspecified atom stereocenters. The molecule has 0 atom stereocenters. The molecule has 0 radical (unpaired) electrons. The van der Waals surface area contributed by atoms with Crippen molar-refractivity contribution in [3.63, 3.8) is 0 Å². The van der Waals surface area contributed by atoms with E-state index in [2.05, 4.69) is 185 Å². The fourth-order valence-electron chi connectivity index (χ4n) is 8.29. The molecule has 4 heteroatoms. The van der Waals surface area contributed by atoms with Crippen LogP contribution in [0.15, 0.2) is 182 Å². The molecule has 52 heavy (non-hydrogen) atoms. The molecule has 11 aromatic rings. The van der Waals surface area contributed by atoms with E-state index < -0.39 is 0 Å². The monoisotopic (exact) mass is 662 g/mol. The van der Waals surface area contributed by atoms with Gasteiger partial charge in [0.2, 0.25) is 5.95 Å². The van der Waals surface area contributed by atoms with E-state index in [0.717, 1.165) is 44.3 Å². The lowest BCUT2D eigenvalue weighted by molar-refractivity contribution is 1.02. The molecule has 0 fully saturated rings. The Bertz CT molecular complexity index is 3160. The van der Waals surface area contributed by atoms with Crippen LogP contribution in [0.2, 0.25) is 0 Å². The number of hydrogen-bond donors (Lipinski definition) is 0. The Balaban J connectivity index is 1.37. The smallest absolute Gasteiger partial charge is 0.235 e. The summed E-state index contributed by atoms with van der Waals surface area (Å²) < 4.78 is 4.76. The average Bonchev–Trinajstić information content (AvgIpc) is 3.75. The fraction of sp³-hybridized carbons (Fsp3) is 0. The third-order valence-corrected chi connectivity index (χ3v) is 10.5. The first-order valence-corrected chi connectivity index (χ1v) is 17.7. The molecule has 3 aromatic heterocycles. The van der Waals surface area contributed by atoms with Crippen LogP contribution in [0.5, 0.6) is 0 Å². The Morgan fingerprint density at radius 3 is 1.62 bits per heavy atom. The normalized spacial score (nSPS) is 11.8. The van der Waals surface area contributed by atoms with E-state index in [1.807, 2.05) is 6.07 Å². The zero-order valence-corrected chi connectivity index (χ0v) is 28.1. The second-order valence-electron chi connectivity index (χ2n) is 13.4. The van der Waals surface area contributed by atoms with Crippen LogP contribution in [-0.4, -0.2) is 19.1 Å². The minimum atomic E-state index is 0.657. The van der Waals surface area contributed by atoms with E-state index in [1.165, 1.54) is 49.1 Å². The first kappa shape index (κ1) is 28.8. The molecule has 0 aliphatic heterocycles. The van der Waals surface area contributed by atoms with E-state index in [4.69, 9.17) is 9.97 Å². The van der Waals surface area contributed by atoms with Crippen molar-refractivity contribution in [1.82, 2.24) is 19.1 Å². The highest BCUT2D eigenvalue weighted by molar-refractivity contribution is 6.37.